The van der Waals surface area contributed by atoms with Gasteiger partial charge < -0.3 is 10.8 Å². The quantitative estimate of drug-likeness (QED) is 0.796. The fourth-order valence-corrected chi connectivity index (χ4v) is 1.49. The summed E-state index contributed by atoms with van der Waals surface area (Å²) in [6.07, 6.45) is 1.11. The summed E-state index contributed by atoms with van der Waals surface area (Å²) in [5, 5.41) is 8.94. The van der Waals surface area contributed by atoms with Crippen LogP contribution in [0.1, 0.15) is 44.4 Å². The van der Waals surface area contributed by atoms with Crippen LogP contribution in [0.3, 0.4) is 0 Å². The van der Waals surface area contributed by atoms with Crippen LogP contribution in [0.4, 0.5) is 0 Å². The van der Waals surface area contributed by atoms with Gasteiger partial charge in [-0.1, -0.05) is 45.0 Å². The average Bonchev–Trinajstić information content (AvgIpc) is 2.28. The van der Waals surface area contributed by atoms with Gasteiger partial charge >= 0.3 is 0 Å². The molecule has 3 N–H and O–H groups in total. The Morgan fingerprint density at radius 2 is 1.80 bits per heavy atom. The minimum atomic E-state index is -0.260. The summed E-state index contributed by atoms with van der Waals surface area (Å²) in [5.74, 6) is 0. The molecule has 0 heterocycles. The molecular weight excluding hydrogens is 186 g/mol. The third kappa shape index (κ3) is 2.80. The summed E-state index contributed by atoms with van der Waals surface area (Å²) in [4.78, 5) is 0. The van der Waals surface area contributed by atoms with Crippen LogP contribution in [0.2, 0.25) is 0 Å². The fourth-order valence-electron chi connectivity index (χ4n) is 1.49. The van der Waals surface area contributed by atoms with Gasteiger partial charge in [-0.15, -0.1) is 0 Å². The zero-order valence-electron chi connectivity index (χ0n) is 9.83. The van der Waals surface area contributed by atoms with E-state index in [0.29, 0.717) is 0 Å². The molecule has 0 amide bonds. The second kappa shape index (κ2) is 4.77. The molecule has 15 heavy (non-hydrogen) atoms. The average molecular weight is 207 g/mol. The van der Waals surface area contributed by atoms with Crippen LogP contribution in [0, 0.1) is 0 Å². The lowest BCUT2D eigenvalue weighted by Crippen LogP contribution is -2.17. The number of aliphatic hydroxyl groups excluding tert-OH is 1. The molecule has 1 unspecified atom stereocenters. The van der Waals surface area contributed by atoms with Gasteiger partial charge in [0.2, 0.25) is 0 Å². The molecule has 0 aliphatic heterocycles. The molecule has 0 bridgehead atoms. The Labute approximate surface area is 92.1 Å². The molecule has 0 saturated carbocycles. The minimum Gasteiger partial charge on any atom is -0.394 e. The largest absolute Gasteiger partial charge is 0.394 e. The van der Waals surface area contributed by atoms with Crippen molar-refractivity contribution in [3.05, 3.63) is 35.4 Å². The van der Waals surface area contributed by atoms with Crippen molar-refractivity contribution >= 4 is 0 Å². The molecule has 1 rings (SSSR count). The van der Waals surface area contributed by atoms with Gasteiger partial charge in [0.25, 0.3) is 0 Å². The van der Waals surface area contributed by atoms with Crippen molar-refractivity contribution in [2.75, 3.05) is 6.61 Å². The van der Waals surface area contributed by atoms with Gasteiger partial charge in [-0.2, -0.15) is 0 Å². The molecule has 0 aliphatic carbocycles. The first-order valence-electron chi connectivity index (χ1n) is 5.48. The van der Waals surface area contributed by atoms with E-state index in [4.69, 9.17) is 10.8 Å². The van der Waals surface area contributed by atoms with Crippen molar-refractivity contribution in [1.29, 1.82) is 0 Å². The molecule has 1 atom stereocenters. The van der Waals surface area contributed by atoms with Crippen LogP contribution in [0.5, 0.6) is 0 Å². The molecule has 0 radical (unpaired) electrons. The molecular formula is C13H21NO. The Balaban J connectivity index is 2.90. The summed E-state index contributed by atoms with van der Waals surface area (Å²) in [5.41, 5.74) is 8.26. The van der Waals surface area contributed by atoms with Gasteiger partial charge in [0.15, 0.2) is 0 Å². The lowest BCUT2D eigenvalue weighted by atomic mass is 9.82. The maximum atomic E-state index is 8.94. The summed E-state index contributed by atoms with van der Waals surface area (Å²) in [6, 6.07) is 7.97. The summed E-state index contributed by atoms with van der Waals surface area (Å²) < 4.78 is 0. The molecule has 0 saturated heterocycles. The van der Waals surface area contributed by atoms with E-state index < -0.39 is 0 Å². The summed E-state index contributed by atoms with van der Waals surface area (Å²) in [6.45, 7) is 6.64. The number of benzene rings is 1. The van der Waals surface area contributed by atoms with Crippen LogP contribution in [0.25, 0.3) is 0 Å². The van der Waals surface area contributed by atoms with Crippen molar-refractivity contribution in [1.82, 2.24) is 0 Å². The van der Waals surface area contributed by atoms with Crippen molar-refractivity contribution < 1.29 is 5.11 Å². The van der Waals surface area contributed by atoms with Crippen LogP contribution in [0.15, 0.2) is 24.3 Å². The fraction of sp³-hybridized carbons (Fsp3) is 0.538. The molecule has 1 aromatic carbocycles. The maximum absolute atomic E-state index is 8.94. The molecule has 0 fully saturated rings. The Morgan fingerprint density at radius 1 is 1.27 bits per heavy atom. The monoisotopic (exact) mass is 207 g/mol. The Bertz CT molecular complexity index is 303. The van der Waals surface area contributed by atoms with E-state index in [9.17, 15) is 0 Å². The maximum Gasteiger partial charge on any atom is 0.0624 e. The first-order chi connectivity index (χ1) is 7.01. The third-order valence-electron chi connectivity index (χ3n) is 3.20. The normalized spacial score (nSPS) is 13.9. The molecule has 0 aromatic heterocycles. The van der Waals surface area contributed by atoms with Crippen molar-refractivity contribution in [3.8, 4) is 0 Å². The molecule has 1 aromatic rings. The second-order valence-corrected chi connectivity index (χ2v) is 4.65. The van der Waals surface area contributed by atoms with Crippen LogP contribution < -0.4 is 5.73 Å². The predicted octanol–water partition coefficient (Wildman–Crippen LogP) is 2.37. The Morgan fingerprint density at radius 3 is 2.20 bits per heavy atom. The third-order valence-corrected chi connectivity index (χ3v) is 3.20. The highest BCUT2D eigenvalue weighted by atomic mass is 16.3. The van der Waals surface area contributed by atoms with Gasteiger partial charge in [-0.25, -0.2) is 0 Å². The lowest BCUT2D eigenvalue weighted by Gasteiger charge is -2.23. The Kier molecular flexibility index (Phi) is 3.89. The first-order valence-corrected chi connectivity index (χ1v) is 5.48. The number of aliphatic hydroxyl groups is 1. The van der Waals surface area contributed by atoms with Gasteiger partial charge in [-0.3, -0.25) is 0 Å². The Hall–Kier alpha value is -0.860. The van der Waals surface area contributed by atoms with E-state index in [-0.39, 0.29) is 18.1 Å². The highest BCUT2D eigenvalue weighted by molar-refractivity contribution is 5.29. The topological polar surface area (TPSA) is 46.2 Å². The smallest absolute Gasteiger partial charge is 0.0624 e. The van der Waals surface area contributed by atoms with Crippen LogP contribution in [-0.2, 0) is 5.41 Å². The predicted molar refractivity (Wildman–Crippen MR) is 63.8 cm³/mol. The number of rotatable bonds is 4. The molecule has 2 heteroatoms. The highest BCUT2D eigenvalue weighted by Crippen LogP contribution is 2.27. The SMILES string of the molecule is CCC(C)(C)c1ccc(C(N)CO)cc1. The van der Waals surface area contributed by atoms with E-state index in [1.54, 1.807) is 0 Å². The van der Waals surface area contributed by atoms with Crippen LogP contribution >= 0.6 is 0 Å². The zero-order chi connectivity index (χ0) is 11.5. The highest BCUT2D eigenvalue weighted by Gasteiger charge is 2.17. The number of hydrogen-bond acceptors (Lipinski definition) is 2. The van der Waals surface area contributed by atoms with Gasteiger partial charge in [0, 0.05) is 0 Å². The van der Waals surface area contributed by atoms with Gasteiger partial charge in [0.1, 0.15) is 0 Å². The molecule has 84 valence electrons. The zero-order valence-corrected chi connectivity index (χ0v) is 9.83. The van der Waals surface area contributed by atoms with Gasteiger partial charge in [0.05, 0.1) is 12.6 Å². The first kappa shape index (κ1) is 12.2. The standard InChI is InChI=1S/C13H21NO/c1-4-13(2,3)11-7-5-10(6-8-11)12(14)9-15/h5-8,12,15H,4,9,14H2,1-3H3. The van der Waals surface area contributed by atoms with E-state index >= 15 is 0 Å². The van der Waals surface area contributed by atoms with Gasteiger partial charge in [-0.05, 0) is 23.0 Å². The molecule has 2 nitrogen and oxygen atoms in total. The molecule has 0 aliphatic rings. The van der Waals surface area contributed by atoms with E-state index in [1.807, 2.05) is 12.1 Å². The van der Waals surface area contributed by atoms with Crippen molar-refractivity contribution in [3.63, 3.8) is 0 Å². The van der Waals surface area contributed by atoms with Crippen molar-refractivity contribution in [2.45, 2.75) is 38.6 Å². The number of hydrogen-bond donors (Lipinski definition) is 2. The minimum absolute atomic E-state index is 0.00346. The lowest BCUT2D eigenvalue weighted by molar-refractivity contribution is 0.268. The van der Waals surface area contributed by atoms with E-state index in [0.717, 1.165) is 12.0 Å². The second-order valence-electron chi connectivity index (χ2n) is 4.65. The summed E-state index contributed by atoms with van der Waals surface area (Å²) in [7, 11) is 0. The van der Waals surface area contributed by atoms with E-state index in [2.05, 4.69) is 32.9 Å². The molecule has 0 spiro atoms. The van der Waals surface area contributed by atoms with E-state index in [1.165, 1.54) is 5.56 Å². The van der Waals surface area contributed by atoms with Crippen LogP contribution in [-0.4, -0.2) is 11.7 Å². The van der Waals surface area contributed by atoms with Crippen molar-refractivity contribution in [2.24, 2.45) is 5.73 Å². The number of nitrogens with two attached hydrogens (primary N) is 1. The summed E-state index contributed by atoms with van der Waals surface area (Å²) >= 11 is 0.